The van der Waals surface area contributed by atoms with Gasteiger partial charge < -0.3 is 15.3 Å². The van der Waals surface area contributed by atoms with Gasteiger partial charge in [0.2, 0.25) is 11.8 Å². The number of carboxylic acids is 1. The minimum atomic E-state index is -1.01. The van der Waals surface area contributed by atoms with E-state index in [1.807, 2.05) is 41.7 Å². The Labute approximate surface area is 192 Å². The molecular weight excluding hydrogens is 414 g/mol. The number of thioether (sulfide) groups is 1. The third-order valence-electron chi connectivity index (χ3n) is 5.90. The number of aliphatic carboxylic acids is 1. The minimum Gasteiger partial charge on any atom is -0.478 e. The number of nitrogens with zero attached hydrogens (tertiary/aromatic N) is 2. The van der Waals surface area contributed by atoms with E-state index in [0.29, 0.717) is 0 Å². The summed E-state index contributed by atoms with van der Waals surface area (Å²) >= 11 is 1.77. The van der Waals surface area contributed by atoms with Gasteiger partial charge in [0.25, 0.3) is 0 Å². The summed E-state index contributed by atoms with van der Waals surface area (Å²) in [7, 11) is 3.62. The van der Waals surface area contributed by atoms with Gasteiger partial charge in [-0.2, -0.15) is 11.8 Å². The Balaban J connectivity index is 3.21. The van der Waals surface area contributed by atoms with Crippen molar-refractivity contribution in [3.05, 3.63) is 11.6 Å². The van der Waals surface area contributed by atoms with E-state index in [-0.39, 0.29) is 34.1 Å². The number of carboxylic acid groups (broad SMARTS) is 1. The van der Waals surface area contributed by atoms with Gasteiger partial charge in [0.15, 0.2) is 0 Å². The third kappa shape index (κ3) is 6.97. The van der Waals surface area contributed by atoms with Crippen molar-refractivity contribution in [2.24, 2.45) is 11.3 Å². The molecule has 3 atom stereocenters. The highest BCUT2D eigenvalue weighted by molar-refractivity contribution is 8.00. The molecule has 31 heavy (non-hydrogen) atoms. The first-order valence-electron chi connectivity index (χ1n) is 10.8. The van der Waals surface area contributed by atoms with Crippen molar-refractivity contribution >= 4 is 29.5 Å². The average molecular weight is 456 g/mol. The van der Waals surface area contributed by atoms with Crippen molar-refractivity contribution < 1.29 is 19.5 Å². The van der Waals surface area contributed by atoms with E-state index >= 15 is 0 Å². The van der Waals surface area contributed by atoms with Gasteiger partial charge >= 0.3 is 5.97 Å². The first kappa shape index (κ1) is 27.5. The lowest BCUT2D eigenvalue weighted by Crippen LogP contribution is -2.63. The van der Waals surface area contributed by atoms with Gasteiger partial charge in [-0.25, -0.2) is 4.79 Å². The highest BCUT2D eigenvalue weighted by Gasteiger charge is 2.44. The van der Waals surface area contributed by atoms with E-state index in [1.54, 1.807) is 29.8 Å². The van der Waals surface area contributed by atoms with Gasteiger partial charge in [-0.05, 0) is 39.2 Å². The molecule has 8 heteroatoms. The molecule has 1 rings (SSSR count). The van der Waals surface area contributed by atoms with Crippen LogP contribution in [0.15, 0.2) is 11.6 Å². The van der Waals surface area contributed by atoms with Gasteiger partial charge in [0, 0.05) is 29.7 Å². The maximum Gasteiger partial charge on any atom is 0.331 e. The van der Waals surface area contributed by atoms with Crippen LogP contribution in [0, 0.1) is 11.3 Å². The molecule has 0 aromatic rings. The molecule has 1 aliphatic rings. The zero-order valence-electron chi connectivity index (χ0n) is 20.8. The molecule has 2 N–H and O–H groups in total. The molecule has 1 saturated heterocycles. The third-order valence-corrected chi connectivity index (χ3v) is 7.26. The summed E-state index contributed by atoms with van der Waals surface area (Å²) in [5, 5.41) is 12.3. The molecule has 0 aliphatic carbocycles. The molecule has 0 radical (unpaired) electrons. The van der Waals surface area contributed by atoms with Crippen LogP contribution in [0.25, 0.3) is 0 Å². The Morgan fingerprint density at radius 2 is 1.81 bits per heavy atom. The molecule has 1 heterocycles. The van der Waals surface area contributed by atoms with Crippen LogP contribution in [0.1, 0.15) is 55.4 Å². The molecule has 178 valence electrons. The number of hydrogen-bond donors (Lipinski definition) is 2. The predicted octanol–water partition coefficient (Wildman–Crippen LogP) is 2.86. The molecule has 0 aromatic heterocycles. The van der Waals surface area contributed by atoms with Gasteiger partial charge in [0.05, 0.1) is 6.04 Å². The van der Waals surface area contributed by atoms with Gasteiger partial charge in [0.1, 0.15) is 12.1 Å². The summed E-state index contributed by atoms with van der Waals surface area (Å²) in [6, 6.07) is -1.47. The molecule has 1 aliphatic heterocycles. The standard InChI is InChI=1S/C23H41N3O4S/c1-14(2)16(13-15(3)21(29)30)26(10)20(28)17(22(4,5)6)24-19(27)18-23(7,8)31-12-11-25(18)9/h13-14,16-18H,11-12H2,1-10H3,(H,24,27)(H,29,30)/b15-13+/t16-,17?,18+/m1/s1. The number of amides is 2. The maximum absolute atomic E-state index is 13.6. The number of rotatable bonds is 7. The maximum atomic E-state index is 13.6. The molecule has 1 unspecified atom stereocenters. The summed E-state index contributed by atoms with van der Waals surface area (Å²) in [6.45, 7) is 16.1. The van der Waals surface area contributed by atoms with Crippen LogP contribution < -0.4 is 5.32 Å². The van der Waals surface area contributed by atoms with Crippen LogP contribution in [-0.2, 0) is 14.4 Å². The summed E-state index contributed by atoms with van der Waals surface area (Å²) in [4.78, 5) is 41.9. The summed E-state index contributed by atoms with van der Waals surface area (Å²) in [5.41, 5.74) is -0.323. The fraction of sp³-hybridized carbons (Fsp3) is 0.783. The summed E-state index contributed by atoms with van der Waals surface area (Å²) < 4.78 is -0.268. The molecule has 1 fully saturated rings. The second kappa shape index (κ2) is 10.4. The Hall–Kier alpha value is -1.54. The lowest BCUT2D eigenvalue weighted by atomic mass is 9.84. The average Bonchev–Trinajstić information content (AvgIpc) is 2.60. The lowest BCUT2D eigenvalue weighted by Gasteiger charge is -2.44. The fourth-order valence-corrected chi connectivity index (χ4v) is 5.36. The number of likely N-dealkylation sites (N-methyl/N-ethyl adjacent to an activating group) is 2. The van der Waals surface area contributed by atoms with E-state index in [2.05, 4.69) is 24.1 Å². The normalized spacial score (nSPS) is 22.0. The number of carbonyl (C=O) groups is 3. The molecule has 2 amide bonds. The highest BCUT2D eigenvalue weighted by Crippen LogP contribution is 2.35. The van der Waals surface area contributed by atoms with Crippen molar-refractivity contribution in [2.75, 3.05) is 26.4 Å². The molecular formula is C23H41N3O4S. The minimum absolute atomic E-state index is 0.0133. The number of hydrogen-bond acceptors (Lipinski definition) is 5. The summed E-state index contributed by atoms with van der Waals surface area (Å²) in [5.74, 6) is -0.410. The first-order valence-corrected chi connectivity index (χ1v) is 11.8. The fourth-order valence-electron chi connectivity index (χ4n) is 4.01. The second-order valence-electron chi connectivity index (χ2n) is 10.5. The van der Waals surface area contributed by atoms with Crippen LogP contribution in [0.3, 0.4) is 0 Å². The molecule has 0 saturated carbocycles. The molecule has 7 nitrogen and oxygen atoms in total. The monoisotopic (exact) mass is 455 g/mol. The molecule has 0 aromatic carbocycles. The van der Waals surface area contributed by atoms with Crippen molar-refractivity contribution in [3.8, 4) is 0 Å². The second-order valence-corrected chi connectivity index (χ2v) is 12.2. The van der Waals surface area contributed by atoms with Crippen LogP contribution in [0.4, 0.5) is 0 Å². The van der Waals surface area contributed by atoms with Crippen LogP contribution in [0.5, 0.6) is 0 Å². The SMILES string of the molecule is C/C(=C\[C@H](C(C)C)N(C)C(=O)C(NC(=O)[C@@H]1N(C)CCSC1(C)C)C(C)(C)C)C(=O)O. The van der Waals surface area contributed by atoms with E-state index in [0.717, 1.165) is 12.3 Å². The molecule has 0 bridgehead atoms. The lowest BCUT2D eigenvalue weighted by molar-refractivity contribution is -0.141. The van der Waals surface area contributed by atoms with Crippen molar-refractivity contribution in [2.45, 2.75) is 78.3 Å². The van der Waals surface area contributed by atoms with Gasteiger partial charge in [-0.15, -0.1) is 0 Å². The van der Waals surface area contributed by atoms with Crippen molar-refractivity contribution in [1.82, 2.24) is 15.1 Å². The smallest absolute Gasteiger partial charge is 0.331 e. The van der Waals surface area contributed by atoms with E-state index < -0.39 is 23.5 Å². The topological polar surface area (TPSA) is 90.0 Å². The zero-order chi connectivity index (χ0) is 24.3. The van der Waals surface area contributed by atoms with E-state index in [9.17, 15) is 19.5 Å². The quantitative estimate of drug-likeness (QED) is 0.574. The number of nitrogens with one attached hydrogen (secondary N) is 1. The van der Waals surface area contributed by atoms with E-state index in [4.69, 9.17) is 0 Å². The Bertz CT molecular complexity index is 712. The first-order chi connectivity index (χ1) is 14.0. The zero-order valence-corrected chi connectivity index (χ0v) is 21.6. The number of carbonyl (C=O) groups excluding carboxylic acids is 2. The van der Waals surface area contributed by atoms with Gasteiger partial charge in [-0.3, -0.25) is 14.5 Å². The largest absolute Gasteiger partial charge is 0.478 e. The van der Waals surface area contributed by atoms with Crippen molar-refractivity contribution in [3.63, 3.8) is 0 Å². The Morgan fingerprint density at radius 3 is 2.23 bits per heavy atom. The highest BCUT2D eigenvalue weighted by atomic mass is 32.2. The van der Waals surface area contributed by atoms with Crippen molar-refractivity contribution in [1.29, 1.82) is 0 Å². The van der Waals surface area contributed by atoms with E-state index in [1.165, 1.54) is 6.92 Å². The van der Waals surface area contributed by atoms with Crippen LogP contribution in [-0.4, -0.2) is 82.0 Å². The van der Waals surface area contributed by atoms with Gasteiger partial charge in [-0.1, -0.05) is 40.7 Å². The Kier molecular flexibility index (Phi) is 9.21. The Morgan fingerprint density at radius 1 is 1.26 bits per heavy atom. The van der Waals surface area contributed by atoms with Crippen LogP contribution >= 0.6 is 11.8 Å². The molecule has 0 spiro atoms. The summed E-state index contributed by atoms with van der Waals surface area (Å²) in [6.07, 6.45) is 1.61. The predicted molar refractivity (Wildman–Crippen MR) is 127 cm³/mol. The van der Waals surface area contributed by atoms with Crippen LogP contribution in [0.2, 0.25) is 0 Å².